The van der Waals surface area contributed by atoms with Gasteiger partial charge in [0.05, 0.1) is 19.8 Å². The Balaban J connectivity index is 1.38. The standard InChI is InChI=1S/C25H39N3O5/c1-16(21(23(29)31-5)28-24(30)33-25(2,3)4)15-32-20-13-17(14-20)8-10-19-11-9-18-7-6-12-26-22(18)27-19/h9,11,16-17,20-21H,6-8,10,12-15H2,1-5H3,(H,26,27)(H,28,30)/t16?,17-,20-,21?. The monoisotopic (exact) mass is 461 g/mol. The van der Waals surface area contributed by atoms with Crippen LogP contribution in [0.3, 0.4) is 0 Å². The highest BCUT2D eigenvalue weighted by atomic mass is 16.6. The highest BCUT2D eigenvalue weighted by Gasteiger charge is 2.33. The summed E-state index contributed by atoms with van der Waals surface area (Å²) in [5, 5.41) is 6.02. The number of nitrogens with one attached hydrogen (secondary N) is 2. The molecule has 2 heterocycles. The first-order valence-corrected chi connectivity index (χ1v) is 12.1. The van der Waals surface area contributed by atoms with Crippen molar-refractivity contribution in [3.05, 3.63) is 23.4 Å². The minimum atomic E-state index is -0.815. The molecule has 2 atom stereocenters. The summed E-state index contributed by atoms with van der Waals surface area (Å²) in [6, 6.07) is 3.55. The average molecular weight is 462 g/mol. The van der Waals surface area contributed by atoms with E-state index in [1.54, 1.807) is 20.8 Å². The molecule has 33 heavy (non-hydrogen) atoms. The van der Waals surface area contributed by atoms with E-state index in [-0.39, 0.29) is 12.0 Å². The van der Waals surface area contributed by atoms with Crippen molar-refractivity contribution < 1.29 is 23.8 Å². The third-order valence-electron chi connectivity index (χ3n) is 6.24. The van der Waals surface area contributed by atoms with E-state index in [4.69, 9.17) is 19.2 Å². The number of hydrogen-bond donors (Lipinski definition) is 2. The number of rotatable bonds is 9. The number of esters is 1. The molecule has 0 aromatic carbocycles. The van der Waals surface area contributed by atoms with Crippen molar-refractivity contribution in [3.63, 3.8) is 0 Å². The molecule has 184 valence electrons. The Hall–Kier alpha value is -2.35. The summed E-state index contributed by atoms with van der Waals surface area (Å²) in [5.41, 5.74) is 1.83. The fraction of sp³-hybridized carbons (Fsp3) is 0.720. The summed E-state index contributed by atoms with van der Waals surface area (Å²) in [6.07, 6.45) is 5.94. The number of aryl methyl sites for hydroxylation is 2. The van der Waals surface area contributed by atoms with Crippen molar-refractivity contribution in [1.29, 1.82) is 0 Å². The Morgan fingerprint density at radius 1 is 1.27 bits per heavy atom. The van der Waals surface area contributed by atoms with E-state index < -0.39 is 23.7 Å². The SMILES string of the molecule is COC(=O)C(NC(=O)OC(C)(C)C)C(C)CO[C@H]1C[C@H](CCc2ccc3c(n2)NCCC3)C1. The lowest BCUT2D eigenvalue weighted by Crippen LogP contribution is -2.49. The van der Waals surface area contributed by atoms with Crippen LogP contribution in [0.5, 0.6) is 0 Å². The van der Waals surface area contributed by atoms with Crippen molar-refractivity contribution in [3.8, 4) is 0 Å². The Bertz CT molecular complexity index is 817. The van der Waals surface area contributed by atoms with E-state index in [0.717, 1.165) is 50.2 Å². The zero-order valence-electron chi connectivity index (χ0n) is 20.6. The first kappa shape index (κ1) is 25.3. The number of fused-ring (bicyclic) bond motifs is 1. The van der Waals surface area contributed by atoms with Gasteiger partial charge in [0.15, 0.2) is 0 Å². The lowest BCUT2D eigenvalue weighted by atomic mass is 9.79. The fourth-order valence-electron chi connectivity index (χ4n) is 4.29. The molecule has 2 unspecified atom stereocenters. The molecule has 3 rings (SSSR count). The molecule has 1 fully saturated rings. The third-order valence-corrected chi connectivity index (χ3v) is 6.24. The molecule has 1 amide bonds. The number of amides is 1. The second-order valence-electron chi connectivity index (χ2n) is 10.3. The van der Waals surface area contributed by atoms with Crippen molar-refractivity contribution in [2.75, 3.05) is 25.6 Å². The molecule has 2 N–H and O–H groups in total. The molecule has 1 aromatic rings. The largest absolute Gasteiger partial charge is 0.467 e. The number of pyridine rings is 1. The van der Waals surface area contributed by atoms with Crippen molar-refractivity contribution in [1.82, 2.24) is 10.3 Å². The van der Waals surface area contributed by atoms with Crippen LogP contribution < -0.4 is 10.6 Å². The van der Waals surface area contributed by atoms with Gasteiger partial charge in [0.2, 0.25) is 0 Å². The predicted molar refractivity (Wildman–Crippen MR) is 126 cm³/mol. The summed E-state index contributed by atoms with van der Waals surface area (Å²) in [7, 11) is 1.31. The molecule has 1 aliphatic carbocycles. The minimum absolute atomic E-state index is 0.190. The highest BCUT2D eigenvalue weighted by Crippen LogP contribution is 2.34. The quantitative estimate of drug-likeness (QED) is 0.539. The predicted octanol–water partition coefficient (Wildman–Crippen LogP) is 3.87. The van der Waals surface area contributed by atoms with Crippen LogP contribution in [-0.2, 0) is 31.8 Å². The van der Waals surface area contributed by atoms with Gasteiger partial charge in [-0.25, -0.2) is 14.6 Å². The Labute approximate surface area is 197 Å². The van der Waals surface area contributed by atoms with Crippen LogP contribution in [0.2, 0.25) is 0 Å². The molecular weight excluding hydrogens is 422 g/mol. The topological polar surface area (TPSA) is 98.8 Å². The van der Waals surface area contributed by atoms with E-state index in [2.05, 4.69) is 22.8 Å². The molecule has 0 radical (unpaired) electrons. The maximum absolute atomic E-state index is 12.2. The van der Waals surface area contributed by atoms with Crippen molar-refractivity contribution in [2.45, 2.75) is 84.0 Å². The zero-order chi connectivity index (χ0) is 24.0. The van der Waals surface area contributed by atoms with Gasteiger partial charge in [0.1, 0.15) is 17.5 Å². The molecule has 2 aliphatic rings. The molecule has 8 heteroatoms. The van der Waals surface area contributed by atoms with E-state index >= 15 is 0 Å². The average Bonchev–Trinajstić information content (AvgIpc) is 2.74. The van der Waals surface area contributed by atoms with Crippen LogP contribution in [0, 0.1) is 11.8 Å². The second-order valence-corrected chi connectivity index (χ2v) is 10.3. The molecule has 1 aliphatic heterocycles. The lowest BCUT2D eigenvalue weighted by molar-refractivity contribution is -0.146. The van der Waals surface area contributed by atoms with Crippen LogP contribution >= 0.6 is 0 Å². The maximum atomic E-state index is 12.2. The third kappa shape index (κ3) is 7.59. The van der Waals surface area contributed by atoms with Crippen LogP contribution in [0.15, 0.2) is 12.1 Å². The zero-order valence-corrected chi connectivity index (χ0v) is 20.6. The van der Waals surface area contributed by atoms with Crippen molar-refractivity contribution in [2.24, 2.45) is 11.8 Å². The summed E-state index contributed by atoms with van der Waals surface area (Å²) in [6.45, 7) is 8.57. The highest BCUT2D eigenvalue weighted by molar-refractivity contribution is 5.81. The van der Waals surface area contributed by atoms with Gasteiger partial charge >= 0.3 is 12.1 Å². The second kappa shape index (κ2) is 11.2. The van der Waals surface area contributed by atoms with E-state index in [1.807, 2.05) is 6.92 Å². The van der Waals surface area contributed by atoms with Gasteiger partial charge < -0.3 is 24.8 Å². The van der Waals surface area contributed by atoms with Gasteiger partial charge in [-0.1, -0.05) is 13.0 Å². The smallest absolute Gasteiger partial charge is 0.408 e. The summed E-state index contributed by atoms with van der Waals surface area (Å²) < 4.78 is 16.2. The number of methoxy groups -OCH3 is 1. The fourth-order valence-corrected chi connectivity index (χ4v) is 4.29. The Morgan fingerprint density at radius 2 is 2.03 bits per heavy atom. The van der Waals surface area contributed by atoms with E-state index in [9.17, 15) is 9.59 Å². The molecule has 0 spiro atoms. The van der Waals surface area contributed by atoms with Crippen LogP contribution in [0.1, 0.15) is 64.6 Å². The number of aromatic nitrogens is 1. The summed E-state index contributed by atoms with van der Waals surface area (Å²) >= 11 is 0. The minimum Gasteiger partial charge on any atom is -0.467 e. The number of hydrogen-bond acceptors (Lipinski definition) is 7. The maximum Gasteiger partial charge on any atom is 0.408 e. The normalized spacial score (nSPS) is 21.6. The number of anilines is 1. The number of ether oxygens (including phenoxy) is 3. The first-order chi connectivity index (χ1) is 15.6. The molecule has 1 saturated carbocycles. The number of alkyl carbamates (subject to hydrolysis) is 1. The lowest BCUT2D eigenvalue weighted by Gasteiger charge is -2.36. The first-order valence-electron chi connectivity index (χ1n) is 12.1. The molecular formula is C25H39N3O5. The summed E-state index contributed by atoms with van der Waals surface area (Å²) in [5.74, 6) is 0.946. The van der Waals surface area contributed by atoms with E-state index in [1.165, 1.54) is 19.1 Å². The van der Waals surface area contributed by atoms with Gasteiger partial charge in [0.25, 0.3) is 0 Å². The molecule has 0 bridgehead atoms. The van der Waals surface area contributed by atoms with Gasteiger partial charge in [-0.3, -0.25) is 0 Å². The number of carbonyl (C=O) groups is 2. The Kier molecular flexibility index (Phi) is 8.57. The summed E-state index contributed by atoms with van der Waals surface area (Å²) in [4.78, 5) is 29.1. The van der Waals surface area contributed by atoms with Gasteiger partial charge in [-0.2, -0.15) is 0 Å². The van der Waals surface area contributed by atoms with Crippen molar-refractivity contribution >= 4 is 17.9 Å². The van der Waals surface area contributed by atoms with Crippen LogP contribution in [0.4, 0.5) is 10.6 Å². The molecule has 1 aromatic heterocycles. The van der Waals surface area contributed by atoms with Gasteiger partial charge in [0, 0.05) is 18.2 Å². The van der Waals surface area contributed by atoms with Gasteiger partial charge in [-0.05, 0) is 76.8 Å². The van der Waals surface area contributed by atoms with Crippen LogP contribution in [0.25, 0.3) is 0 Å². The molecule has 8 nitrogen and oxygen atoms in total. The number of carbonyl (C=O) groups excluding carboxylic acids is 2. The van der Waals surface area contributed by atoms with E-state index in [0.29, 0.717) is 12.5 Å². The Morgan fingerprint density at radius 3 is 2.73 bits per heavy atom. The van der Waals surface area contributed by atoms with Crippen LogP contribution in [-0.4, -0.2) is 55.1 Å². The molecule has 0 saturated heterocycles. The number of nitrogens with zero attached hydrogens (tertiary/aromatic N) is 1. The van der Waals surface area contributed by atoms with Gasteiger partial charge in [-0.15, -0.1) is 0 Å².